The fraction of sp³-hybridized carbons (Fsp3) is 0.400. The highest BCUT2D eigenvalue weighted by molar-refractivity contribution is 5.38. The number of benzene rings is 1. The van der Waals surface area contributed by atoms with Gasteiger partial charge in [-0.05, 0) is 6.07 Å². The van der Waals surface area contributed by atoms with Gasteiger partial charge in [-0.3, -0.25) is 0 Å². The highest BCUT2D eigenvalue weighted by Gasteiger charge is 2.24. The van der Waals surface area contributed by atoms with Crippen molar-refractivity contribution in [3.8, 4) is 5.75 Å². The van der Waals surface area contributed by atoms with Gasteiger partial charge in [0.25, 0.3) is 0 Å². The molecule has 1 aromatic carbocycles. The van der Waals surface area contributed by atoms with Gasteiger partial charge in [0.15, 0.2) is 11.6 Å². The fourth-order valence-electron chi connectivity index (χ4n) is 1.16. The Morgan fingerprint density at radius 2 is 1.71 bits per heavy atom. The first-order valence-electron chi connectivity index (χ1n) is 4.18. The van der Waals surface area contributed by atoms with Crippen molar-refractivity contribution in [1.29, 1.82) is 0 Å². The van der Waals surface area contributed by atoms with Crippen molar-refractivity contribution in [2.24, 2.45) is 0 Å². The molecule has 14 heavy (non-hydrogen) atoms. The number of hydrogen-bond acceptors (Lipinski definition) is 2. The molecule has 0 saturated carbocycles. The summed E-state index contributed by atoms with van der Waals surface area (Å²) in [5.41, 5.74) is -0.600. The van der Waals surface area contributed by atoms with Crippen molar-refractivity contribution in [2.45, 2.75) is 19.3 Å². The smallest absolute Gasteiger partial charge is 0.162 e. The maximum absolute atomic E-state index is 12.9. The van der Waals surface area contributed by atoms with Crippen molar-refractivity contribution < 1.29 is 19.0 Å². The van der Waals surface area contributed by atoms with Crippen molar-refractivity contribution in [3.05, 3.63) is 29.3 Å². The van der Waals surface area contributed by atoms with E-state index in [0.29, 0.717) is 6.07 Å². The molecule has 1 aromatic rings. The molecule has 0 aliphatic rings. The van der Waals surface area contributed by atoms with Crippen LogP contribution in [0.15, 0.2) is 12.1 Å². The molecule has 0 spiro atoms. The zero-order valence-corrected chi connectivity index (χ0v) is 8.01. The van der Waals surface area contributed by atoms with Crippen molar-refractivity contribution in [3.63, 3.8) is 0 Å². The number of halogens is 2. The monoisotopic (exact) mass is 202 g/mol. The molecule has 0 aliphatic carbocycles. The first-order valence-corrected chi connectivity index (χ1v) is 4.18. The van der Waals surface area contributed by atoms with Gasteiger partial charge in [-0.15, -0.1) is 0 Å². The lowest BCUT2D eigenvalue weighted by Crippen LogP contribution is -2.22. The van der Waals surface area contributed by atoms with E-state index in [-0.39, 0.29) is 17.9 Å². The number of phenols is 1. The molecule has 0 saturated heterocycles. The number of phenolic OH excluding ortho intramolecular Hbond substituents is 1. The summed E-state index contributed by atoms with van der Waals surface area (Å²) in [7, 11) is 0. The Morgan fingerprint density at radius 1 is 1.21 bits per heavy atom. The summed E-state index contributed by atoms with van der Waals surface area (Å²) in [5.74, 6) is -2.47. The predicted molar refractivity (Wildman–Crippen MR) is 48.1 cm³/mol. The Balaban J connectivity index is 3.29. The SMILES string of the molecule is CC(C)(CO)c1cc(F)c(F)cc1O. The van der Waals surface area contributed by atoms with E-state index in [1.807, 2.05) is 0 Å². The second-order valence-corrected chi connectivity index (χ2v) is 3.83. The van der Waals surface area contributed by atoms with Crippen LogP contribution in [0.25, 0.3) is 0 Å². The van der Waals surface area contributed by atoms with E-state index >= 15 is 0 Å². The third kappa shape index (κ3) is 1.85. The quantitative estimate of drug-likeness (QED) is 0.769. The molecule has 0 bridgehead atoms. The van der Waals surface area contributed by atoms with Crippen LogP contribution in [-0.2, 0) is 5.41 Å². The van der Waals surface area contributed by atoms with Crippen molar-refractivity contribution in [1.82, 2.24) is 0 Å². The zero-order chi connectivity index (χ0) is 10.9. The van der Waals surface area contributed by atoms with Crippen LogP contribution in [0.2, 0.25) is 0 Å². The number of aliphatic hydroxyl groups excluding tert-OH is 1. The number of hydrogen-bond donors (Lipinski definition) is 2. The molecule has 0 aliphatic heterocycles. The molecular weight excluding hydrogens is 190 g/mol. The average Bonchev–Trinajstić information content (AvgIpc) is 2.11. The standard InChI is InChI=1S/C10H12F2O2/c1-10(2,5-13)6-3-7(11)8(12)4-9(6)14/h3-4,13-14H,5H2,1-2H3. The summed E-state index contributed by atoms with van der Waals surface area (Å²) in [6.07, 6.45) is 0. The highest BCUT2D eigenvalue weighted by Crippen LogP contribution is 2.32. The molecule has 0 atom stereocenters. The van der Waals surface area contributed by atoms with Gasteiger partial charge in [0.1, 0.15) is 5.75 Å². The molecule has 0 heterocycles. The van der Waals surface area contributed by atoms with Crippen LogP contribution < -0.4 is 0 Å². The Kier molecular flexibility index (Phi) is 2.76. The van der Waals surface area contributed by atoms with Crippen LogP contribution in [0.4, 0.5) is 8.78 Å². The van der Waals surface area contributed by atoms with Crippen LogP contribution in [0.1, 0.15) is 19.4 Å². The summed E-state index contributed by atoms with van der Waals surface area (Å²) < 4.78 is 25.5. The summed E-state index contributed by atoms with van der Waals surface area (Å²) in [6, 6.07) is 1.61. The van der Waals surface area contributed by atoms with Gasteiger partial charge >= 0.3 is 0 Å². The van der Waals surface area contributed by atoms with Crippen LogP contribution in [0.3, 0.4) is 0 Å². The van der Waals surface area contributed by atoms with Gasteiger partial charge in [-0.25, -0.2) is 8.78 Å². The van der Waals surface area contributed by atoms with E-state index in [0.717, 1.165) is 6.07 Å². The van der Waals surface area contributed by atoms with E-state index in [9.17, 15) is 13.9 Å². The van der Waals surface area contributed by atoms with E-state index in [2.05, 4.69) is 0 Å². The predicted octanol–water partition coefficient (Wildman–Crippen LogP) is 1.94. The number of aliphatic hydroxyl groups is 1. The van der Waals surface area contributed by atoms with Gasteiger partial charge < -0.3 is 10.2 Å². The maximum atomic E-state index is 12.9. The summed E-state index contributed by atoms with van der Waals surface area (Å²) in [6.45, 7) is 2.99. The largest absolute Gasteiger partial charge is 0.508 e. The first-order chi connectivity index (χ1) is 6.38. The van der Waals surface area contributed by atoms with Gasteiger partial charge in [-0.1, -0.05) is 13.8 Å². The van der Waals surface area contributed by atoms with Gasteiger partial charge in [0, 0.05) is 17.0 Å². The highest BCUT2D eigenvalue weighted by atomic mass is 19.2. The minimum Gasteiger partial charge on any atom is -0.508 e. The lowest BCUT2D eigenvalue weighted by Gasteiger charge is -2.23. The van der Waals surface area contributed by atoms with Crippen LogP contribution >= 0.6 is 0 Å². The molecule has 0 unspecified atom stereocenters. The lowest BCUT2D eigenvalue weighted by atomic mass is 9.85. The van der Waals surface area contributed by atoms with Gasteiger partial charge in [-0.2, -0.15) is 0 Å². The molecular formula is C10H12F2O2. The summed E-state index contributed by atoms with van der Waals surface area (Å²) in [5, 5.41) is 18.4. The summed E-state index contributed by atoms with van der Waals surface area (Å²) >= 11 is 0. The third-order valence-corrected chi connectivity index (χ3v) is 2.16. The zero-order valence-electron chi connectivity index (χ0n) is 8.01. The molecule has 2 N–H and O–H groups in total. The normalized spacial score (nSPS) is 11.8. The molecule has 0 radical (unpaired) electrons. The summed E-state index contributed by atoms with van der Waals surface area (Å²) in [4.78, 5) is 0. The fourth-order valence-corrected chi connectivity index (χ4v) is 1.16. The number of aromatic hydroxyl groups is 1. The van der Waals surface area contributed by atoms with E-state index in [1.165, 1.54) is 0 Å². The van der Waals surface area contributed by atoms with E-state index in [4.69, 9.17) is 5.11 Å². The van der Waals surface area contributed by atoms with Gasteiger partial charge in [0.2, 0.25) is 0 Å². The van der Waals surface area contributed by atoms with E-state index in [1.54, 1.807) is 13.8 Å². The minimum absolute atomic E-state index is 0.193. The van der Waals surface area contributed by atoms with Crippen molar-refractivity contribution in [2.75, 3.05) is 6.61 Å². The maximum Gasteiger partial charge on any atom is 0.162 e. The second-order valence-electron chi connectivity index (χ2n) is 3.83. The minimum atomic E-state index is -1.10. The van der Waals surface area contributed by atoms with E-state index < -0.39 is 17.0 Å². The Labute approximate surface area is 80.8 Å². The Bertz CT molecular complexity index is 348. The van der Waals surface area contributed by atoms with Crippen LogP contribution in [0.5, 0.6) is 5.75 Å². The Morgan fingerprint density at radius 3 is 2.21 bits per heavy atom. The van der Waals surface area contributed by atoms with Crippen LogP contribution in [0, 0.1) is 11.6 Å². The molecule has 78 valence electrons. The average molecular weight is 202 g/mol. The molecule has 0 amide bonds. The molecule has 2 nitrogen and oxygen atoms in total. The topological polar surface area (TPSA) is 40.5 Å². The Hall–Kier alpha value is -1.16. The first kappa shape index (κ1) is 10.9. The van der Waals surface area contributed by atoms with Crippen molar-refractivity contribution >= 4 is 0 Å². The molecule has 1 rings (SSSR count). The van der Waals surface area contributed by atoms with Gasteiger partial charge in [0.05, 0.1) is 6.61 Å². The molecule has 0 aromatic heterocycles. The molecule has 0 fully saturated rings. The second kappa shape index (κ2) is 3.53. The lowest BCUT2D eigenvalue weighted by molar-refractivity contribution is 0.214. The van der Waals surface area contributed by atoms with Crippen LogP contribution in [-0.4, -0.2) is 16.8 Å². The molecule has 4 heteroatoms. The third-order valence-electron chi connectivity index (χ3n) is 2.16. The number of rotatable bonds is 2.